The molecule has 0 saturated carbocycles. The van der Waals surface area contributed by atoms with Crippen molar-refractivity contribution < 1.29 is 0 Å². The van der Waals surface area contributed by atoms with E-state index in [0.29, 0.717) is 11.8 Å². The van der Waals surface area contributed by atoms with Crippen molar-refractivity contribution in [2.45, 2.75) is 26.7 Å². The average molecular weight is 228 g/mol. The Bertz CT molecular complexity index is 497. The van der Waals surface area contributed by atoms with Crippen LogP contribution in [0.3, 0.4) is 0 Å². The van der Waals surface area contributed by atoms with Crippen LogP contribution in [0.5, 0.6) is 0 Å². The smallest absolute Gasteiger partial charge is 0.0568 e. The van der Waals surface area contributed by atoms with E-state index < -0.39 is 0 Å². The molecular formula is C15H20N2. The van der Waals surface area contributed by atoms with Crippen LogP contribution in [0.4, 0.5) is 0 Å². The van der Waals surface area contributed by atoms with Crippen molar-refractivity contribution in [3.8, 4) is 11.1 Å². The van der Waals surface area contributed by atoms with Crippen LogP contribution in [0.1, 0.15) is 32.3 Å². The van der Waals surface area contributed by atoms with Gasteiger partial charge in [0.15, 0.2) is 0 Å². The van der Waals surface area contributed by atoms with Gasteiger partial charge >= 0.3 is 0 Å². The molecule has 0 fully saturated rings. The highest BCUT2D eigenvalue weighted by atomic mass is 15.2. The van der Waals surface area contributed by atoms with E-state index in [0.717, 1.165) is 0 Å². The molecule has 0 saturated heterocycles. The lowest BCUT2D eigenvalue weighted by Gasteiger charge is -2.16. The standard InChI is InChI=1S/C15H20N2/c1-11(2)12(3)13-6-5-7-14(8-13)15-9-16-17(4)10-15/h5-12H,1-4H3. The van der Waals surface area contributed by atoms with Crippen molar-refractivity contribution in [3.63, 3.8) is 0 Å². The quantitative estimate of drug-likeness (QED) is 0.780. The lowest BCUT2D eigenvalue weighted by atomic mass is 9.89. The molecule has 0 aliphatic heterocycles. The Morgan fingerprint density at radius 2 is 1.88 bits per heavy atom. The van der Waals surface area contributed by atoms with Crippen LogP contribution in [-0.2, 0) is 7.05 Å². The molecule has 1 heterocycles. The third-order valence-electron chi connectivity index (χ3n) is 3.45. The summed E-state index contributed by atoms with van der Waals surface area (Å²) >= 11 is 0. The summed E-state index contributed by atoms with van der Waals surface area (Å²) in [4.78, 5) is 0. The average Bonchev–Trinajstić information content (AvgIpc) is 2.75. The maximum Gasteiger partial charge on any atom is 0.0568 e. The van der Waals surface area contributed by atoms with E-state index in [2.05, 4.69) is 56.3 Å². The third-order valence-corrected chi connectivity index (χ3v) is 3.45. The van der Waals surface area contributed by atoms with Crippen molar-refractivity contribution >= 4 is 0 Å². The van der Waals surface area contributed by atoms with Gasteiger partial charge in [-0.1, -0.05) is 45.0 Å². The first-order valence-electron chi connectivity index (χ1n) is 6.17. The second-order valence-electron chi connectivity index (χ2n) is 5.06. The number of benzene rings is 1. The Morgan fingerprint density at radius 3 is 2.47 bits per heavy atom. The lowest BCUT2D eigenvalue weighted by Crippen LogP contribution is -2.01. The minimum absolute atomic E-state index is 0.589. The zero-order chi connectivity index (χ0) is 12.4. The van der Waals surface area contributed by atoms with Crippen LogP contribution in [0.2, 0.25) is 0 Å². The predicted octanol–water partition coefficient (Wildman–Crippen LogP) is 3.85. The highest BCUT2D eigenvalue weighted by Gasteiger charge is 2.10. The molecule has 0 amide bonds. The van der Waals surface area contributed by atoms with Crippen molar-refractivity contribution in [1.82, 2.24) is 9.78 Å². The molecule has 0 radical (unpaired) electrons. The summed E-state index contributed by atoms with van der Waals surface area (Å²) in [6.45, 7) is 6.82. The Kier molecular flexibility index (Phi) is 3.32. The van der Waals surface area contributed by atoms with Crippen molar-refractivity contribution in [2.75, 3.05) is 0 Å². The Balaban J connectivity index is 2.35. The monoisotopic (exact) mass is 228 g/mol. The predicted molar refractivity (Wildman–Crippen MR) is 71.9 cm³/mol. The Labute approximate surface area is 103 Å². The molecular weight excluding hydrogens is 208 g/mol. The summed E-state index contributed by atoms with van der Waals surface area (Å²) < 4.78 is 1.84. The molecule has 0 bridgehead atoms. The molecule has 2 rings (SSSR count). The molecule has 90 valence electrons. The van der Waals surface area contributed by atoms with Crippen LogP contribution >= 0.6 is 0 Å². The van der Waals surface area contributed by atoms with Crippen molar-refractivity contribution in [1.29, 1.82) is 0 Å². The minimum Gasteiger partial charge on any atom is -0.275 e. The first-order chi connectivity index (χ1) is 8.08. The molecule has 0 spiro atoms. The fourth-order valence-electron chi connectivity index (χ4n) is 1.96. The molecule has 2 aromatic rings. The van der Waals surface area contributed by atoms with Gasteiger partial charge in [0.05, 0.1) is 6.20 Å². The van der Waals surface area contributed by atoms with Gasteiger partial charge in [0.1, 0.15) is 0 Å². The fourth-order valence-corrected chi connectivity index (χ4v) is 1.96. The second-order valence-corrected chi connectivity index (χ2v) is 5.06. The van der Waals surface area contributed by atoms with Gasteiger partial charge in [0, 0.05) is 18.8 Å². The van der Waals surface area contributed by atoms with Gasteiger partial charge < -0.3 is 0 Å². The third kappa shape index (κ3) is 2.57. The number of aromatic nitrogens is 2. The molecule has 0 aliphatic carbocycles. The van der Waals surface area contributed by atoms with Crippen molar-refractivity contribution in [2.24, 2.45) is 13.0 Å². The van der Waals surface area contributed by atoms with Gasteiger partial charge in [0.25, 0.3) is 0 Å². The molecule has 0 N–H and O–H groups in total. The normalized spacial score (nSPS) is 13.0. The number of aryl methyl sites for hydroxylation is 1. The van der Waals surface area contributed by atoms with E-state index in [1.807, 2.05) is 17.9 Å². The van der Waals surface area contributed by atoms with E-state index >= 15 is 0 Å². The number of hydrogen-bond acceptors (Lipinski definition) is 1. The summed E-state index contributed by atoms with van der Waals surface area (Å²) in [6.07, 6.45) is 3.97. The second kappa shape index (κ2) is 4.74. The Morgan fingerprint density at radius 1 is 1.12 bits per heavy atom. The van der Waals surface area contributed by atoms with Gasteiger partial charge in [-0.15, -0.1) is 0 Å². The van der Waals surface area contributed by atoms with Crippen LogP contribution in [-0.4, -0.2) is 9.78 Å². The molecule has 1 unspecified atom stereocenters. The van der Waals surface area contributed by atoms with E-state index in [1.165, 1.54) is 16.7 Å². The Hall–Kier alpha value is -1.57. The summed E-state index contributed by atoms with van der Waals surface area (Å²) in [5, 5.41) is 4.22. The van der Waals surface area contributed by atoms with Crippen LogP contribution in [0.15, 0.2) is 36.7 Å². The summed E-state index contributed by atoms with van der Waals surface area (Å²) in [5.41, 5.74) is 3.84. The van der Waals surface area contributed by atoms with Crippen LogP contribution < -0.4 is 0 Å². The number of rotatable bonds is 3. The van der Waals surface area contributed by atoms with E-state index in [9.17, 15) is 0 Å². The van der Waals surface area contributed by atoms with E-state index in [1.54, 1.807) is 0 Å². The first kappa shape index (κ1) is 11.9. The highest BCUT2D eigenvalue weighted by Crippen LogP contribution is 2.27. The fraction of sp³-hybridized carbons (Fsp3) is 0.400. The molecule has 0 aliphatic rings. The van der Waals surface area contributed by atoms with Gasteiger partial charge in [0.2, 0.25) is 0 Å². The molecule has 2 heteroatoms. The molecule has 2 nitrogen and oxygen atoms in total. The number of nitrogens with zero attached hydrogens (tertiary/aromatic N) is 2. The summed E-state index contributed by atoms with van der Waals surface area (Å²) in [5.74, 6) is 1.26. The topological polar surface area (TPSA) is 17.8 Å². The minimum atomic E-state index is 0.589. The molecule has 1 aromatic carbocycles. The summed E-state index contributed by atoms with van der Waals surface area (Å²) in [6, 6.07) is 8.77. The van der Waals surface area contributed by atoms with E-state index in [4.69, 9.17) is 0 Å². The maximum atomic E-state index is 4.22. The SMILES string of the molecule is CC(C)C(C)c1cccc(-c2cnn(C)c2)c1. The first-order valence-corrected chi connectivity index (χ1v) is 6.17. The van der Waals surface area contributed by atoms with Crippen molar-refractivity contribution in [3.05, 3.63) is 42.2 Å². The molecule has 1 aromatic heterocycles. The lowest BCUT2D eigenvalue weighted by molar-refractivity contribution is 0.535. The van der Waals surface area contributed by atoms with Gasteiger partial charge in [-0.25, -0.2) is 0 Å². The van der Waals surface area contributed by atoms with Crippen LogP contribution in [0.25, 0.3) is 11.1 Å². The molecule has 17 heavy (non-hydrogen) atoms. The number of hydrogen-bond donors (Lipinski definition) is 0. The van der Waals surface area contributed by atoms with Gasteiger partial charge in [-0.05, 0) is 23.0 Å². The van der Waals surface area contributed by atoms with Gasteiger partial charge in [-0.2, -0.15) is 5.10 Å². The zero-order valence-corrected chi connectivity index (χ0v) is 11.0. The highest BCUT2D eigenvalue weighted by molar-refractivity contribution is 5.62. The van der Waals surface area contributed by atoms with Crippen LogP contribution in [0, 0.1) is 5.92 Å². The maximum absolute atomic E-state index is 4.22. The van der Waals surface area contributed by atoms with E-state index in [-0.39, 0.29) is 0 Å². The van der Waals surface area contributed by atoms with Gasteiger partial charge in [-0.3, -0.25) is 4.68 Å². The summed E-state index contributed by atoms with van der Waals surface area (Å²) in [7, 11) is 1.95. The zero-order valence-electron chi connectivity index (χ0n) is 11.0. The molecule has 1 atom stereocenters. The largest absolute Gasteiger partial charge is 0.275 e.